The van der Waals surface area contributed by atoms with Crippen LogP contribution >= 0.6 is 0 Å². The van der Waals surface area contributed by atoms with E-state index in [9.17, 15) is 4.79 Å². The zero-order chi connectivity index (χ0) is 15.5. The van der Waals surface area contributed by atoms with Gasteiger partial charge in [-0.3, -0.25) is 9.69 Å². The molecule has 116 valence electrons. The van der Waals surface area contributed by atoms with Gasteiger partial charge in [-0.15, -0.1) is 12.3 Å². The number of nitrogens with zero attached hydrogens (tertiary/aromatic N) is 1. The number of piperidine rings is 3. The summed E-state index contributed by atoms with van der Waals surface area (Å²) in [6.07, 6.45) is 7.91. The molecule has 1 aromatic carbocycles. The van der Waals surface area contributed by atoms with E-state index < -0.39 is 0 Å². The number of hydrogen-bond acceptors (Lipinski definition) is 3. The van der Waals surface area contributed by atoms with Crippen LogP contribution in [0.15, 0.2) is 24.3 Å². The number of benzene rings is 1. The van der Waals surface area contributed by atoms with Crippen molar-refractivity contribution in [2.75, 3.05) is 32.0 Å². The Morgan fingerprint density at radius 2 is 2.27 bits per heavy atom. The Bertz CT molecular complexity index is 592. The number of hydrogen-bond donors (Lipinski definition) is 2. The number of rotatable bonds is 4. The van der Waals surface area contributed by atoms with Crippen molar-refractivity contribution in [1.82, 2.24) is 10.2 Å². The maximum Gasteiger partial charge on any atom is 0.253 e. The highest BCUT2D eigenvalue weighted by atomic mass is 16.1. The van der Waals surface area contributed by atoms with Gasteiger partial charge >= 0.3 is 0 Å². The molecule has 4 rings (SSSR count). The summed E-state index contributed by atoms with van der Waals surface area (Å²) < 4.78 is 0. The van der Waals surface area contributed by atoms with Gasteiger partial charge in [-0.2, -0.15) is 0 Å². The standard InChI is InChI=1S/C18H23N3O/c1-3-13-12-21-9-8-14(13)10-15(21)11-20-18(22)16-6-4-5-7-17(16)19-2/h1,4-7,13-15,19H,8-12H2,2H3,(H,20,22)/t13-,14-,15+/m0/s1. The molecule has 0 aliphatic carbocycles. The van der Waals surface area contributed by atoms with Crippen LogP contribution in [0, 0.1) is 24.2 Å². The van der Waals surface area contributed by atoms with E-state index in [1.807, 2.05) is 31.3 Å². The summed E-state index contributed by atoms with van der Waals surface area (Å²) in [5.74, 6) is 3.93. The molecule has 3 fully saturated rings. The predicted octanol–water partition coefficient (Wildman–Crippen LogP) is 1.80. The number of nitrogens with one attached hydrogen (secondary N) is 2. The summed E-state index contributed by atoms with van der Waals surface area (Å²) in [5.41, 5.74) is 1.56. The van der Waals surface area contributed by atoms with Crippen LogP contribution in [0.25, 0.3) is 0 Å². The summed E-state index contributed by atoms with van der Waals surface area (Å²) in [6, 6.07) is 8.00. The van der Waals surface area contributed by atoms with Crippen LogP contribution in [0.5, 0.6) is 0 Å². The second-order valence-electron chi connectivity index (χ2n) is 6.21. The average Bonchev–Trinajstić information content (AvgIpc) is 2.59. The smallest absolute Gasteiger partial charge is 0.253 e. The molecule has 1 unspecified atom stereocenters. The largest absolute Gasteiger partial charge is 0.387 e. The second kappa shape index (κ2) is 6.41. The molecule has 1 amide bonds. The number of terminal acetylenes is 1. The van der Waals surface area contributed by atoms with Gasteiger partial charge in [0.2, 0.25) is 0 Å². The van der Waals surface area contributed by atoms with Gasteiger partial charge in [0.05, 0.1) is 5.56 Å². The minimum Gasteiger partial charge on any atom is -0.387 e. The van der Waals surface area contributed by atoms with Crippen molar-refractivity contribution >= 4 is 11.6 Å². The lowest BCUT2D eigenvalue weighted by Crippen LogP contribution is -2.56. The van der Waals surface area contributed by atoms with Crippen LogP contribution in [0.4, 0.5) is 5.69 Å². The molecule has 0 spiro atoms. The third-order valence-electron chi connectivity index (χ3n) is 5.03. The minimum atomic E-state index is -0.0129. The van der Waals surface area contributed by atoms with E-state index >= 15 is 0 Å². The summed E-state index contributed by atoms with van der Waals surface area (Å²) in [6.45, 7) is 2.79. The first-order valence-corrected chi connectivity index (χ1v) is 7.98. The van der Waals surface area contributed by atoms with Gasteiger partial charge in [0, 0.05) is 37.8 Å². The van der Waals surface area contributed by atoms with Crippen molar-refractivity contribution in [1.29, 1.82) is 0 Å². The molecule has 0 radical (unpaired) electrons. The van der Waals surface area contributed by atoms with Crippen LogP contribution in [-0.2, 0) is 0 Å². The third kappa shape index (κ3) is 2.82. The highest BCUT2D eigenvalue weighted by Gasteiger charge is 2.39. The molecule has 4 heteroatoms. The van der Waals surface area contributed by atoms with E-state index in [0.29, 0.717) is 30.0 Å². The first kappa shape index (κ1) is 14.9. The summed E-state index contributed by atoms with van der Waals surface area (Å²) in [7, 11) is 1.83. The van der Waals surface area contributed by atoms with Crippen molar-refractivity contribution < 1.29 is 4.79 Å². The molecule has 3 heterocycles. The van der Waals surface area contributed by atoms with Gasteiger partial charge in [-0.1, -0.05) is 12.1 Å². The number of anilines is 1. The van der Waals surface area contributed by atoms with Crippen molar-refractivity contribution in [3.63, 3.8) is 0 Å². The molecular formula is C18H23N3O. The highest BCUT2D eigenvalue weighted by molar-refractivity contribution is 5.99. The monoisotopic (exact) mass is 297 g/mol. The van der Waals surface area contributed by atoms with E-state index in [4.69, 9.17) is 6.42 Å². The zero-order valence-electron chi connectivity index (χ0n) is 13.0. The van der Waals surface area contributed by atoms with Gasteiger partial charge < -0.3 is 10.6 Å². The molecule has 2 N–H and O–H groups in total. The van der Waals surface area contributed by atoms with Crippen LogP contribution in [-0.4, -0.2) is 43.5 Å². The van der Waals surface area contributed by atoms with Crippen molar-refractivity contribution in [3.05, 3.63) is 29.8 Å². The SMILES string of the molecule is C#C[C@H]1CN2CC[C@H]1C[C@@H]2CNC(=O)c1ccccc1NC. The number of amides is 1. The lowest BCUT2D eigenvalue weighted by Gasteiger charge is -2.48. The maximum absolute atomic E-state index is 12.4. The fraction of sp³-hybridized carbons (Fsp3) is 0.500. The third-order valence-corrected chi connectivity index (χ3v) is 5.03. The topological polar surface area (TPSA) is 44.4 Å². The molecule has 3 aliphatic heterocycles. The molecular weight excluding hydrogens is 274 g/mol. The summed E-state index contributed by atoms with van der Waals surface area (Å²) in [5, 5.41) is 6.15. The maximum atomic E-state index is 12.4. The molecule has 0 aromatic heterocycles. The number of carbonyl (C=O) groups excluding carboxylic acids is 1. The Morgan fingerprint density at radius 3 is 2.95 bits per heavy atom. The van der Waals surface area contributed by atoms with Crippen LogP contribution in [0.2, 0.25) is 0 Å². The van der Waals surface area contributed by atoms with Crippen molar-refractivity contribution in [3.8, 4) is 12.3 Å². The van der Waals surface area contributed by atoms with Gasteiger partial charge in [0.25, 0.3) is 5.91 Å². The van der Waals surface area contributed by atoms with Crippen molar-refractivity contribution in [2.45, 2.75) is 18.9 Å². The normalized spacial score (nSPS) is 29.6. The first-order chi connectivity index (χ1) is 10.7. The molecule has 4 atom stereocenters. The summed E-state index contributed by atoms with van der Waals surface area (Å²) >= 11 is 0. The fourth-order valence-electron chi connectivity index (χ4n) is 3.74. The van der Waals surface area contributed by atoms with E-state index in [2.05, 4.69) is 21.5 Å². The molecule has 0 saturated carbocycles. The van der Waals surface area contributed by atoms with Crippen molar-refractivity contribution in [2.24, 2.45) is 11.8 Å². The zero-order valence-corrected chi connectivity index (χ0v) is 13.0. The fourth-order valence-corrected chi connectivity index (χ4v) is 3.74. The molecule has 2 bridgehead atoms. The Morgan fingerprint density at radius 1 is 1.45 bits per heavy atom. The first-order valence-electron chi connectivity index (χ1n) is 7.98. The summed E-state index contributed by atoms with van der Waals surface area (Å²) in [4.78, 5) is 14.8. The predicted molar refractivity (Wildman–Crippen MR) is 88.7 cm³/mol. The minimum absolute atomic E-state index is 0.0129. The Balaban J connectivity index is 1.59. The molecule has 3 aliphatic rings. The molecule has 3 saturated heterocycles. The number of carbonyl (C=O) groups is 1. The molecule has 22 heavy (non-hydrogen) atoms. The van der Waals surface area contributed by atoms with E-state index in [0.717, 1.165) is 25.2 Å². The lowest BCUT2D eigenvalue weighted by atomic mass is 9.76. The van der Waals surface area contributed by atoms with Gasteiger partial charge in [-0.25, -0.2) is 0 Å². The van der Waals surface area contributed by atoms with Crippen LogP contribution < -0.4 is 10.6 Å². The Labute approximate surface area is 132 Å². The van der Waals surface area contributed by atoms with E-state index in [1.165, 1.54) is 6.42 Å². The van der Waals surface area contributed by atoms with Crippen LogP contribution in [0.1, 0.15) is 23.2 Å². The van der Waals surface area contributed by atoms with Gasteiger partial charge in [-0.05, 0) is 37.4 Å². The number of para-hydroxylation sites is 1. The molecule has 1 aromatic rings. The Hall–Kier alpha value is -1.99. The van der Waals surface area contributed by atoms with Gasteiger partial charge in [0.1, 0.15) is 0 Å². The average molecular weight is 297 g/mol. The lowest BCUT2D eigenvalue weighted by molar-refractivity contribution is 0.0227. The van der Waals surface area contributed by atoms with E-state index in [-0.39, 0.29) is 5.91 Å². The van der Waals surface area contributed by atoms with Crippen LogP contribution in [0.3, 0.4) is 0 Å². The molecule has 4 nitrogen and oxygen atoms in total. The quantitative estimate of drug-likeness (QED) is 0.833. The number of fused-ring (bicyclic) bond motifs is 3. The van der Waals surface area contributed by atoms with E-state index in [1.54, 1.807) is 0 Å². The van der Waals surface area contributed by atoms with Gasteiger partial charge in [0.15, 0.2) is 0 Å². The second-order valence-corrected chi connectivity index (χ2v) is 6.21. The Kier molecular flexibility index (Phi) is 4.35. The highest BCUT2D eigenvalue weighted by Crippen LogP contribution is 2.35.